The van der Waals surface area contributed by atoms with Gasteiger partial charge in [0.1, 0.15) is 5.69 Å². The van der Waals surface area contributed by atoms with Crippen molar-refractivity contribution in [3.63, 3.8) is 0 Å². The second-order valence-corrected chi connectivity index (χ2v) is 4.78. The Labute approximate surface area is 107 Å². The van der Waals surface area contributed by atoms with Crippen LogP contribution in [0, 0.1) is 5.92 Å². The fraction of sp³-hybridized carbons (Fsp3) is 0.333. The van der Waals surface area contributed by atoms with E-state index >= 15 is 0 Å². The molecule has 0 saturated heterocycles. The maximum atomic E-state index is 11.7. The minimum atomic E-state index is -0.00438. The van der Waals surface area contributed by atoms with E-state index < -0.39 is 0 Å². The molecule has 18 heavy (non-hydrogen) atoms. The van der Waals surface area contributed by atoms with Crippen LogP contribution in [-0.4, -0.2) is 16.0 Å². The summed E-state index contributed by atoms with van der Waals surface area (Å²) in [6, 6.07) is 12.2. The molecule has 94 valence electrons. The fourth-order valence-corrected chi connectivity index (χ4v) is 1.84. The Bertz CT molecular complexity index is 514. The van der Waals surface area contributed by atoms with Gasteiger partial charge in [0, 0.05) is 11.6 Å². The van der Waals surface area contributed by atoms with Gasteiger partial charge in [-0.05, 0) is 24.5 Å². The minimum Gasteiger partial charge on any atom is -0.292 e. The van der Waals surface area contributed by atoms with E-state index in [1.54, 1.807) is 0 Å². The van der Waals surface area contributed by atoms with Gasteiger partial charge in [0.2, 0.25) is 0 Å². The van der Waals surface area contributed by atoms with E-state index in [9.17, 15) is 4.79 Å². The number of hydrogen-bond donors (Lipinski definition) is 1. The maximum absolute atomic E-state index is 11.7. The number of carbonyl (C=O) groups is 1. The normalized spacial score (nSPS) is 10.8. The number of benzene rings is 1. The zero-order valence-corrected chi connectivity index (χ0v) is 10.8. The van der Waals surface area contributed by atoms with Crippen LogP contribution in [0.4, 0.5) is 0 Å². The van der Waals surface area contributed by atoms with Crippen molar-refractivity contribution in [1.82, 2.24) is 10.2 Å². The van der Waals surface area contributed by atoms with E-state index in [1.807, 2.05) is 38.1 Å². The molecule has 0 aliphatic carbocycles. The average Bonchev–Trinajstić information content (AvgIpc) is 2.85. The topological polar surface area (TPSA) is 45.8 Å². The molecule has 3 heteroatoms. The predicted octanol–water partition coefficient (Wildman–Crippen LogP) is 3.03. The summed E-state index contributed by atoms with van der Waals surface area (Å²) in [5, 5.41) is 7.02. The summed E-state index contributed by atoms with van der Waals surface area (Å²) in [6.45, 7) is 3.78. The molecule has 1 aromatic heterocycles. The number of rotatable bonds is 5. The van der Waals surface area contributed by atoms with E-state index in [-0.39, 0.29) is 11.7 Å². The third-order valence-corrected chi connectivity index (χ3v) is 2.93. The van der Waals surface area contributed by atoms with Gasteiger partial charge in [-0.15, -0.1) is 0 Å². The molecule has 0 atom stereocenters. The first-order valence-electron chi connectivity index (χ1n) is 6.29. The van der Waals surface area contributed by atoms with Gasteiger partial charge in [-0.1, -0.05) is 44.2 Å². The van der Waals surface area contributed by atoms with Crippen molar-refractivity contribution >= 4 is 5.78 Å². The van der Waals surface area contributed by atoms with E-state index in [0.717, 1.165) is 18.5 Å². The highest BCUT2D eigenvalue weighted by molar-refractivity contribution is 5.95. The lowest BCUT2D eigenvalue weighted by atomic mass is 10.0. The average molecular weight is 242 g/mol. The van der Waals surface area contributed by atoms with Crippen molar-refractivity contribution in [1.29, 1.82) is 0 Å². The Morgan fingerprint density at radius 1 is 1.22 bits per heavy atom. The van der Waals surface area contributed by atoms with Gasteiger partial charge in [0.15, 0.2) is 5.78 Å². The molecule has 0 aliphatic heterocycles. The summed E-state index contributed by atoms with van der Waals surface area (Å²) in [5.74, 6) is 0.0903. The van der Waals surface area contributed by atoms with Crippen LogP contribution in [-0.2, 0) is 12.8 Å². The number of nitrogens with one attached hydrogen (secondary N) is 1. The van der Waals surface area contributed by atoms with Crippen LogP contribution in [0.2, 0.25) is 0 Å². The first kappa shape index (κ1) is 12.6. The standard InChI is InChI=1S/C15H18N2O/c1-11(2)15(18)14-10-13(16-17-14)9-8-12-6-4-3-5-7-12/h3-7,10-11H,8-9H2,1-2H3,(H,16,17). The van der Waals surface area contributed by atoms with Crippen LogP contribution in [0.15, 0.2) is 36.4 Å². The predicted molar refractivity (Wildman–Crippen MR) is 71.6 cm³/mol. The van der Waals surface area contributed by atoms with Crippen LogP contribution in [0.3, 0.4) is 0 Å². The van der Waals surface area contributed by atoms with Crippen molar-refractivity contribution < 1.29 is 4.79 Å². The molecule has 0 radical (unpaired) electrons. The number of aryl methyl sites for hydroxylation is 2. The third-order valence-electron chi connectivity index (χ3n) is 2.93. The van der Waals surface area contributed by atoms with Crippen molar-refractivity contribution in [3.05, 3.63) is 53.3 Å². The Morgan fingerprint density at radius 3 is 2.61 bits per heavy atom. The fourth-order valence-electron chi connectivity index (χ4n) is 1.84. The number of ketones is 1. The Balaban J connectivity index is 1.97. The Morgan fingerprint density at radius 2 is 1.94 bits per heavy atom. The number of H-pyrrole nitrogens is 1. The van der Waals surface area contributed by atoms with E-state index in [4.69, 9.17) is 0 Å². The summed E-state index contributed by atoms with van der Waals surface area (Å²) in [4.78, 5) is 11.7. The van der Waals surface area contributed by atoms with Crippen LogP contribution in [0.5, 0.6) is 0 Å². The van der Waals surface area contributed by atoms with Gasteiger partial charge in [-0.2, -0.15) is 5.10 Å². The maximum Gasteiger partial charge on any atom is 0.185 e. The number of hydrogen-bond acceptors (Lipinski definition) is 2. The highest BCUT2D eigenvalue weighted by Crippen LogP contribution is 2.10. The van der Waals surface area contributed by atoms with Gasteiger partial charge in [-0.3, -0.25) is 9.89 Å². The smallest absolute Gasteiger partial charge is 0.185 e. The van der Waals surface area contributed by atoms with Gasteiger partial charge >= 0.3 is 0 Å². The monoisotopic (exact) mass is 242 g/mol. The summed E-state index contributed by atoms with van der Waals surface area (Å²) >= 11 is 0. The highest BCUT2D eigenvalue weighted by Gasteiger charge is 2.13. The summed E-state index contributed by atoms with van der Waals surface area (Å²) in [5.41, 5.74) is 2.86. The van der Waals surface area contributed by atoms with Crippen LogP contribution < -0.4 is 0 Å². The number of Topliss-reactive ketones (excluding diaryl/α,β-unsaturated/α-hetero) is 1. The summed E-state index contributed by atoms with van der Waals surface area (Å²) in [7, 11) is 0. The van der Waals surface area contributed by atoms with Crippen LogP contribution in [0.1, 0.15) is 35.6 Å². The number of carbonyl (C=O) groups excluding carboxylic acids is 1. The van der Waals surface area contributed by atoms with Gasteiger partial charge in [-0.25, -0.2) is 0 Å². The third kappa shape index (κ3) is 3.06. The van der Waals surface area contributed by atoms with Crippen molar-refractivity contribution in [2.45, 2.75) is 26.7 Å². The first-order chi connectivity index (χ1) is 8.66. The van der Waals surface area contributed by atoms with Crippen LogP contribution >= 0.6 is 0 Å². The molecule has 0 fully saturated rings. The lowest BCUT2D eigenvalue weighted by Gasteiger charge is -1.99. The lowest BCUT2D eigenvalue weighted by molar-refractivity contribution is 0.0934. The summed E-state index contributed by atoms with van der Waals surface area (Å²) in [6.07, 6.45) is 1.83. The van der Waals surface area contributed by atoms with E-state index in [1.165, 1.54) is 5.56 Å². The van der Waals surface area contributed by atoms with Crippen molar-refractivity contribution in [3.8, 4) is 0 Å². The first-order valence-corrected chi connectivity index (χ1v) is 6.29. The minimum absolute atomic E-state index is 0.00438. The molecule has 0 aliphatic rings. The molecule has 0 bridgehead atoms. The molecule has 0 amide bonds. The lowest BCUT2D eigenvalue weighted by Crippen LogP contribution is -2.07. The molecule has 1 N–H and O–H groups in total. The van der Waals surface area contributed by atoms with Crippen molar-refractivity contribution in [2.75, 3.05) is 0 Å². The molecule has 2 rings (SSSR count). The molecule has 0 saturated carbocycles. The Hall–Kier alpha value is -1.90. The molecule has 0 spiro atoms. The van der Waals surface area contributed by atoms with Gasteiger partial charge in [0.25, 0.3) is 0 Å². The number of aromatic amines is 1. The zero-order chi connectivity index (χ0) is 13.0. The number of nitrogens with zero attached hydrogens (tertiary/aromatic N) is 1. The molecular weight excluding hydrogens is 224 g/mol. The van der Waals surface area contributed by atoms with E-state index in [0.29, 0.717) is 5.69 Å². The van der Waals surface area contributed by atoms with E-state index in [2.05, 4.69) is 22.3 Å². The molecule has 1 aromatic carbocycles. The van der Waals surface area contributed by atoms with Crippen LogP contribution in [0.25, 0.3) is 0 Å². The largest absolute Gasteiger partial charge is 0.292 e. The quantitative estimate of drug-likeness (QED) is 0.819. The molecule has 3 nitrogen and oxygen atoms in total. The molecule has 0 unspecified atom stereocenters. The van der Waals surface area contributed by atoms with Crippen molar-refractivity contribution in [2.24, 2.45) is 5.92 Å². The SMILES string of the molecule is CC(C)C(=O)c1cc(CCc2ccccc2)[nH]n1. The zero-order valence-electron chi connectivity index (χ0n) is 10.8. The molecular formula is C15H18N2O. The highest BCUT2D eigenvalue weighted by atomic mass is 16.1. The summed E-state index contributed by atoms with van der Waals surface area (Å²) < 4.78 is 0. The Kier molecular flexibility index (Phi) is 3.92. The van der Waals surface area contributed by atoms with Gasteiger partial charge < -0.3 is 0 Å². The van der Waals surface area contributed by atoms with Gasteiger partial charge in [0.05, 0.1) is 0 Å². The second kappa shape index (κ2) is 5.63. The second-order valence-electron chi connectivity index (χ2n) is 4.78. The number of aromatic nitrogens is 2. The molecule has 2 aromatic rings. The molecule has 1 heterocycles.